The van der Waals surface area contributed by atoms with Gasteiger partial charge in [0.15, 0.2) is 5.92 Å². The van der Waals surface area contributed by atoms with Crippen molar-refractivity contribution in [3.05, 3.63) is 38.9 Å². The summed E-state index contributed by atoms with van der Waals surface area (Å²) in [6.45, 7) is 3.53. The quantitative estimate of drug-likeness (QED) is 0.330. The lowest BCUT2D eigenvalue weighted by Crippen LogP contribution is -2.30. The Morgan fingerprint density at radius 2 is 1.77 bits per heavy atom. The molecular formula is C14H16ClNO6. The van der Waals surface area contributed by atoms with E-state index >= 15 is 0 Å². The first kappa shape index (κ1) is 17.9. The minimum absolute atomic E-state index is 0.00458. The molecule has 120 valence electrons. The van der Waals surface area contributed by atoms with Crippen molar-refractivity contribution in [2.45, 2.75) is 20.3 Å². The zero-order chi connectivity index (χ0) is 16.7. The van der Waals surface area contributed by atoms with Gasteiger partial charge in [-0.25, -0.2) is 0 Å². The monoisotopic (exact) mass is 329 g/mol. The lowest BCUT2D eigenvalue weighted by atomic mass is 9.99. The summed E-state index contributed by atoms with van der Waals surface area (Å²) in [5.74, 6) is -2.52. The Hall–Kier alpha value is -2.15. The molecule has 0 bridgehead atoms. The molecule has 0 saturated carbocycles. The van der Waals surface area contributed by atoms with Gasteiger partial charge in [-0.1, -0.05) is 17.7 Å². The van der Waals surface area contributed by atoms with Crippen molar-refractivity contribution in [1.29, 1.82) is 0 Å². The second-order valence-electron chi connectivity index (χ2n) is 4.30. The maximum absolute atomic E-state index is 11.9. The molecule has 0 unspecified atom stereocenters. The summed E-state index contributed by atoms with van der Waals surface area (Å²) in [6.07, 6.45) is -0.00458. The summed E-state index contributed by atoms with van der Waals surface area (Å²) in [7, 11) is 0. The Labute approximate surface area is 132 Å². The minimum Gasteiger partial charge on any atom is -0.465 e. The summed E-state index contributed by atoms with van der Waals surface area (Å²) < 4.78 is 9.71. The molecule has 1 aromatic carbocycles. The van der Waals surface area contributed by atoms with Gasteiger partial charge in [-0.15, -0.1) is 0 Å². The first-order chi connectivity index (χ1) is 10.4. The number of carbonyl (C=O) groups excluding carboxylic acids is 2. The summed E-state index contributed by atoms with van der Waals surface area (Å²) in [5, 5.41) is 10.7. The molecule has 0 amide bonds. The van der Waals surface area contributed by atoms with E-state index < -0.39 is 22.8 Å². The standard InChI is InChI=1S/C14H16ClNO6/c1-3-21-13(17)10(14(18)22-4-2)7-9-5-6-12(16(19)20)11(15)8-9/h5-6,8,10H,3-4,7H2,1-2H3. The summed E-state index contributed by atoms with van der Waals surface area (Å²) in [4.78, 5) is 33.8. The zero-order valence-electron chi connectivity index (χ0n) is 12.2. The van der Waals surface area contributed by atoms with Crippen molar-refractivity contribution in [1.82, 2.24) is 0 Å². The van der Waals surface area contributed by atoms with Gasteiger partial charge in [0, 0.05) is 6.07 Å². The van der Waals surface area contributed by atoms with Crippen LogP contribution < -0.4 is 0 Å². The number of ether oxygens (including phenoxy) is 2. The van der Waals surface area contributed by atoms with Crippen LogP contribution in [0.1, 0.15) is 19.4 Å². The number of hydrogen-bond donors (Lipinski definition) is 0. The largest absolute Gasteiger partial charge is 0.465 e. The molecule has 0 aliphatic rings. The average Bonchev–Trinajstić information content (AvgIpc) is 2.44. The highest BCUT2D eigenvalue weighted by molar-refractivity contribution is 6.32. The predicted molar refractivity (Wildman–Crippen MR) is 78.6 cm³/mol. The molecule has 7 nitrogen and oxygen atoms in total. The van der Waals surface area contributed by atoms with E-state index in [2.05, 4.69) is 0 Å². The molecule has 0 saturated heterocycles. The smallest absolute Gasteiger partial charge is 0.320 e. The Kier molecular flexibility index (Phi) is 6.78. The van der Waals surface area contributed by atoms with E-state index in [1.54, 1.807) is 13.8 Å². The van der Waals surface area contributed by atoms with Crippen LogP contribution in [0.15, 0.2) is 18.2 Å². The number of carbonyl (C=O) groups is 2. The normalized spacial score (nSPS) is 10.4. The fourth-order valence-corrected chi connectivity index (χ4v) is 2.08. The van der Waals surface area contributed by atoms with Crippen LogP contribution in [0.25, 0.3) is 0 Å². The molecule has 0 N–H and O–H groups in total. The number of benzene rings is 1. The van der Waals surface area contributed by atoms with Crippen LogP contribution in [-0.2, 0) is 25.5 Å². The number of hydrogen-bond acceptors (Lipinski definition) is 6. The molecule has 0 aromatic heterocycles. The molecule has 0 spiro atoms. The number of nitro benzene ring substituents is 1. The van der Waals surface area contributed by atoms with Gasteiger partial charge in [-0.3, -0.25) is 19.7 Å². The number of nitrogens with zero attached hydrogens (tertiary/aromatic N) is 1. The third-order valence-corrected chi connectivity index (χ3v) is 3.09. The van der Waals surface area contributed by atoms with Crippen molar-refractivity contribution in [3.8, 4) is 0 Å². The van der Waals surface area contributed by atoms with Crippen molar-refractivity contribution >= 4 is 29.2 Å². The van der Waals surface area contributed by atoms with Gasteiger partial charge >= 0.3 is 11.9 Å². The maximum atomic E-state index is 11.9. The Bertz CT molecular complexity index is 556. The van der Waals surface area contributed by atoms with Gasteiger partial charge in [0.25, 0.3) is 5.69 Å². The Morgan fingerprint density at radius 1 is 1.23 bits per heavy atom. The summed E-state index contributed by atoms with van der Waals surface area (Å²) >= 11 is 5.82. The van der Waals surface area contributed by atoms with E-state index in [-0.39, 0.29) is 30.3 Å². The average molecular weight is 330 g/mol. The van der Waals surface area contributed by atoms with Gasteiger partial charge in [0.05, 0.1) is 18.1 Å². The molecule has 0 heterocycles. The van der Waals surface area contributed by atoms with Crippen LogP contribution in [0, 0.1) is 16.0 Å². The van der Waals surface area contributed by atoms with Crippen LogP contribution >= 0.6 is 11.6 Å². The highest BCUT2D eigenvalue weighted by Crippen LogP contribution is 2.26. The SMILES string of the molecule is CCOC(=O)C(Cc1ccc([N+](=O)[O-])c(Cl)c1)C(=O)OCC. The lowest BCUT2D eigenvalue weighted by molar-refractivity contribution is -0.384. The molecule has 0 radical (unpaired) electrons. The molecule has 0 aliphatic carbocycles. The van der Waals surface area contributed by atoms with Gasteiger partial charge < -0.3 is 9.47 Å². The van der Waals surface area contributed by atoms with Crippen molar-refractivity contribution in [2.75, 3.05) is 13.2 Å². The molecule has 0 fully saturated rings. The second kappa shape index (κ2) is 8.33. The fraction of sp³-hybridized carbons (Fsp3) is 0.429. The third-order valence-electron chi connectivity index (χ3n) is 2.79. The highest BCUT2D eigenvalue weighted by atomic mass is 35.5. The van der Waals surface area contributed by atoms with Gasteiger partial charge in [-0.2, -0.15) is 0 Å². The fourth-order valence-electron chi connectivity index (χ4n) is 1.81. The number of nitro groups is 1. The maximum Gasteiger partial charge on any atom is 0.320 e. The number of esters is 2. The number of rotatable bonds is 7. The van der Waals surface area contributed by atoms with Crippen LogP contribution in [0.5, 0.6) is 0 Å². The van der Waals surface area contributed by atoms with E-state index in [0.717, 1.165) is 0 Å². The zero-order valence-corrected chi connectivity index (χ0v) is 13.0. The van der Waals surface area contributed by atoms with E-state index in [0.29, 0.717) is 5.56 Å². The van der Waals surface area contributed by atoms with Gasteiger partial charge in [-0.05, 0) is 31.9 Å². The van der Waals surface area contributed by atoms with Crippen molar-refractivity contribution < 1.29 is 24.0 Å². The van der Waals surface area contributed by atoms with Crippen molar-refractivity contribution in [2.24, 2.45) is 5.92 Å². The Balaban J connectivity index is 2.98. The topological polar surface area (TPSA) is 95.7 Å². The molecule has 0 aliphatic heterocycles. The molecule has 1 rings (SSSR count). The van der Waals surface area contributed by atoms with E-state index in [1.165, 1.54) is 18.2 Å². The van der Waals surface area contributed by atoms with Gasteiger partial charge in [0.2, 0.25) is 0 Å². The number of halogens is 1. The molecule has 1 aromatic rings. The minimum atomic E-state index is -1.13. The Morgan fingerprint density at radius 3 is 2.18 bits per heavy atom. The van der Waals surface area contributed by atoms with Gasteiger partial charge in [0.1, 0.15) is 5.02 Å². The van der Waals surface area contributed by atoms with Crippen LogP contribution in [0.2, 0.25) is 5.02 Å². The predicted octanol–water partition coefficient (Wildman–Crippen LogP) is 2.53. The molecule has 8 heteroatoms. The van der Waals surface area contributed by atoms with Crippen LogP contribution in [0.4, 0.5) is 5.69 Å². The van der Waals surface area contributed by atoms with Crippen LogP contribution in [0.3, 0.4) is 0 Å². The summed E-state index contributed by atoms with van der Waals surface area (Å²) in [5.41, 5.74) is 0.260. The van der Waals surface area contributed by atoms with Crippen LogP contribution in [-0.4, -0.2) is 30.1 Å². The molecular weight excluding hydrogens is 314 g/mol. The third kappa shape index (κ3) is 4.70. The van der Waals surface area contributed by atoms with E-state index in [9.17, 15) is 19.7 Å². The van der Waals surface area contributed by atoms with E-state index in [1.807, 2.05) is 0 Å². The summed E-state index contributed by atoms with van der Waals surface area (Å²) in [6, 6.07) is 4.02. The highest BCUT2D eigenvalue weighted by Gasteiger charge is 2.30. The van der Waals surface area contributed by atoms with Crippen molar-refractivity contribution in [3.63, 3.8) is 0 Å². The molecule has 0 atom stereocenters. The van der Waals surface area contributed by atoms with E-state index in [4.69, 9.17) is 21.1 Å². The first-order valence-electron chi connectivity index (χ1n) is 6.66. The first-order valence-corrected chi connectivity index (χ1v) is 7.04. The molecule has 22 heavy (non-hydrogen) atoms. The second-order valence-corrected chi connectivity index (χ2v) is 4.71. The lowest BCUT2D eigenvalue weighted by Gasteiger charge is -2.14.